The average molecular weight is 386 g/mol. The Kier molecular flexibility index (Phi) is 7.71. The molecule has 0 heterocycles. The second-order valence-electron chi connectivity index (χ2n) is 6.01. The number of esters is 1. The number of hydrogen-bond acceptors (Lipinski definition) is 5. The van der Waals surface area contributed by atoms with E-state index in [2.05, 4.69) is 10.6 Å². The highest BCUT2D eigenvalue weighted by Crippen LogP contribution is 2.11. The van der Waals surface area contributed by atoms with E-state index in [0.29, 0.717) is 5.56 Å². The summed E-state index contributed by atoms with van der Waals surface area (Å²) in [6, 6.07) is 13.3. The van der Waals surface area contributed by atoms with Crippen molar-refractivity contribution in [3.63, 3.8) is 0 Å². The highest BCUT2D eigenvalue weighted by atomic mass is 19.1. The monoisotopic (exact) mass is 386 g/mol. The molecular weight excluding hydrogens is 363 g/mol. The number of amides is 1. The van der Waals surface area contributed by atoms with Crippen molar-refractivity contribution in [3.05, 3.63) is 77.4 Å². The predicted molar refractivity (Wildman–Crippen MR) is 104 cm³/mol. The minimum atomic E-state index is -1.14. The Morgan fingerprint density at radius 3 is 2.39 bits per heavy atom. The molecule has 0 aliphatic heterocycles. The van der Waals surface area contributed by atoms with Crippen molar-refractivity contribution < 1.29 is 23.8 Å². The molecule has 0 fully saturated rings. The molecule has 0 aliphatic rings. The highest BCUT2D eigenvalue weighted by Gasteiger charge is 2.26. The molecule has 2 rings (SSSR count). The Hall–Kier alpha value is -3.19. The molecule has 0 aliphatic carbocycles. The van der Waals surface area contributed by atoms with Gasteiger partial charge in [0.2, 0.25) is 0 Å². The van der Waals surface area contributed by atoms with E-state index in [1.165, 1.54) is 25.1 Å². The molecule has 28 heavy (non-hydrogen) atoms. The zero-order valence-corrected chi connectivity index (χ0v) is 15.7. The molecule has 148 valence electrons. The lowest BCUT2D eigenvalue weighted by Gasteiger charge is -2.23. The zero-order valence-electron chi connectivity index (χ0n) is 15.7. The topological polar surface area (TPSA) is 87.7 Å². The van der Waals surface area contributed by atoms with Gasteiger partial charge in [-0.05, 0) is 38.1 Å². The van der Waals surface area contributed by atoms with Crippen molar-refractivity contribution in [2.75, 3.05) is 6.61 Å². The smallest absolute Gasteiger partial charge is 0.331 e. The van der Waals surface area contributed by atoms with Crippen LogP contribution in [-0.4, -0.2) is 35.7 Å². The maximum atomic E-state index is 14.1. The first kappa shape index (κ1) is 21.1. The average Bonchev–Trinajstić information content (AvgIpc) is 2.68. The lowest BCUT2D eigenvalue weighted by Crippen LogP contribution is -2.48. The zero-order chi connectivity index (χ0) is 20.5. The molecule has 6 nitrogen and oxygen atoms in total. The fourth-order valence-electron chi connectivity index (χ4n) is 2.42. The molecule has 0 spiro atoms. The summed E-state index contributed by atoms with van der Waals surface area (Å²) in [6.07, 6.45) is 0.238. The molecule has 3 N–H and O–H groups in total. The number of rotatable bonds is 8. The summed E-state index contributed by atoms with van der Waals surface area (Å²) in [5.41, 5.74) is 0.583. The van der Waals surface area contributed by atoms with Crippen molar-refractivity contribution in [3.8, 4) is 0 Å². The molecule has 2 aromatic carbocycles. The molecule has 0 aromatic heterocycles. The number of halogens is 1. The molecular formula is C21H23FN2O4. The van der Waals surface area contributed by atoms with E-state index >= 15 is 0 Å². The molecule has 0 saturated carbocycles. The Morgan fingerprint density at radius 1 is 1.14 bits per heavy atom. The van der Waals surface area contributed by atoms with Crippen LogP contribution in [-0.2, 0) is 9.53 Å². The van der Waals surface area contributed by atoms with Gasteiger partial charge in [0, 0.05) is 11.1 Å². The Labute approximate surface area is 163 Å². The Balaban J connectivity index is 2.34. The second-order valence-corrected chi connectivity index (χ2v) is 6.01. The fourth-order valence-corrected chi connectivity index (χ4v) is 2.42. The van der Waals surface area contributed by atoms with Gasteiger partial charge in [-0.1, -0.05) is 36.4 Å². The number of aliphatic hydroxyl groups is 1. The lowest BCUT2D eigenvalue weighted by molar-refractivity contribution is -0.148. The van der Waals surface area contributed by atoms with Gasteiger partial charge in [0.25, 0.3) is 5.91 Å². The molecule has 7 heteroatoms. The minimum absolute atomic E-state index is 0.0536. The molecule has 1 amide bonds. The van der Waals surface area contributed by atoms with E-state index in [1.807, 2.05) is 0 Å². The van der Waals surface area contributed by atoms with Crippen molar-refractivity contribution >= 4 is 18.0 Å². The van der Waals surface area contributed by atoms with Gasteiger partial charge in [-0.15, -0.1) is 0 Å². The standard InChI is InChI=1S/C21H23FN2O4/c1-3-28-21(27)19(14(2)25)23-18(13-16-11-7-8-12-17(16)22)24-20(26)15-9-5-4-6-10-15/h4-14,19,23,25H,3H2,1-2H3,(H,24,26)/b18-13+. The first-order chi connectivity index (χ1) is 13.4. The van der Waals surface area contributed by atoms with Crippen LogP contribution in [0.25, 0.3) is 6.08 Å². The maximum Gasteiger partial charge on any atom is 0.331 e. The molecule has 2 unspecified atom stereocenters. The van der Waals surface area contributed by atoms with Gasteiger partial charge >= 0.3 is 5.97 Å². The highest BCUT2D eigenvalue weighted by molar-refractivity contribution is 5.95. The van der Waals surface area contributed by atoms with Crippen molar-refractivity contribution in [1.29, 1.82) is 0 Å². The molecule has 0 bridgehead atoms. The molecule has 0 saturated heterocycles. The van der Waals surface area contributed by atoms with Crippen LogP contribution in [0, 0.1) is 5.82 Å². The van der Waals surface area contributed by atoms with E-state index in [0.717, 1.165) is 0 Å². The van der Waals surface area contributed by atoms with E-state index in [4.69, 9.17) is 4.74 Å². The van der Waals surface area contributed by atoms with Gasteiger partial charge in [0.15, 0.2) is 6.04 Å². The van der Waals surface area contributed by atoms with Crippen LogP contribution in [0.15, 0.2) is 60.4 Å². The third-order valence-electron chi connectivity index (χ3n) is 3.82. The summed E-state index contributed by atoms with van der Waals surface area (Å²) < 4.78 is 19.0. The number of carbonyl (C=O) groups is 2. The van der Waals surface area contributed by atoms with Crippen molar-refractivity contribution in [1.82, 2.24) is 10.6 Å². The summed E-state index contributed by atoms with van der Waals surface area (Å²) in [6.45, 7) is 3.19. The SMILES string of the molecule is CCOC(=O)C(N/C(=C\c1ccccc1F)NC(=O)c1ccccc1)C(C)O. The van der Waals surface area contributed by atoms with Gasteiger partial charge in [0.1, 0.15) is 11.6 Å². The van der Waals surface area contributed by atoms with E-state index < -0.39 is 29.8 Å². The van der Waals surface area contributed by atoms with E-state index in [9.17, 15) is 19.1 Å². The normalized spacial score (nSPS) is 13.4. The second kappa shape index (κ2) is 10.2. The Bertz CT molecular complexity index is 837. The largest absolute Gasteiger partial charge is 0.464 e. The van der Waals surface area contributed by atoms with Gasteiger partial charge < -0.3 is 20.5 Å². The summed E-state index contributed by atoms with van der Waals surface area (Å²) in [4.78, 5) is 24.6. The summed E-state index contributed by atoms with van der Waals surface area (Å²) in [5.74, 6) is -1.59. The van der Waals surface area contributed by atoms with Gasteiger partial charge in [-0.3, -0.25) is 4.79 Å². The van der Waals surface area contributed by atoms with Crippen LogP contribution in [0.5, 0.6) is 0 Å². The lowest BCUT2D eigenvalue weighted by atomic mass is 10.1. The maximum absolute atomic E-state index is 14.1. The van der Waals surface area contributed by atoms with Crippen LogP contribution in [0.3, 0.4) is 0 Å². The number of carbonyl (C=O) groups excluding carboxylic acids is 2. The number of benzene rings is 2. The summed E-state index contributed by atoms with van der Waals surface area (Å²) >= 11 is 0. The predicted octanol–water partition coefficient (Wildman–Crippen LogP) is 2.46. The molecule has 2 aromatic rings. The Morgan fingerprint density at radius 2 is 1.79 bits per heavy atom. The number of hydrogen-bond donors (Lipinski definition) is 3. The molecule has 2 atom stereocenters. The number of nitrogens with one attached hydrogen (secondary N) is 2. The van der Waals surface area contributed by atoms with Crippen LogP contribution in [0.4, 0.5) is 4.39 Å². The number of ether oxygens (including phenoxy) is 1. The quantitative estimate of drug-likeness (QED) is 0.607. The molecule has 0 radical (unpaired) electrons. The van der Waals surface area contributed by atoms with Gasteiger partial charge in [0.05, 0.1) is 12.7 Å². The third kappa shape index (κ3) is 5.92. The number of aliphatic hydroxyl groups excluding tert-OH is 1. The minimum Gasteiger partial charge on any atom is -0.464 e. The van der Waals surface area contributed by atoms with E-state index in [1.54, 1.807) is 49.4 Å². The van der Waals surface area contributed by atoms with E-state index in [-0.39, 0.29) is 18.0 Å². The van der Waals surface area contributed by atoms with Gasteiger partial charge in [-0.25, -0.2) is 9.18 Å². The first-order valence-electron chi connectivity index (χ1n) is 8.86. The third-order valence-corrected chi connectivity index (χ3v) is 3.82. The first-order valence-corrected chi connectivity index (χ1v) is 8.86. The fraction of sp³-hybridized carbons (Fsp3) is 0.238. The van der Waals surface area contributed by atoms with Crippen LogP contribution in [0.1, 0.15) is 29.8 Å². The van der Waals surface area contributed by atoms with Gasteiger partial charge in [-0.2, -0.15) is 0 Å². The summed E-state index contributed by atoms with van der Waals surface area (Å²) in [7, 11) is 0. The summed E-state index contributed by atoms with van der Waals surface area (Å²) in [5, 5.41) is 15.3. The van der Waals surface area contributed by atoms with Crippen LogP contribution >= 0.6 is 0 Å². The van der Waals surface area contributed by atoms with Crippen LogP contribution in [0.2, 0.25) is 0 Å². The van der Waals surface area contributed by atoms with Crippen LogP contribution < -0.4 is 10.6 Å². The van der Waals surface area contributed by atoms with Crippen molar-refractivity contribution in [2.24, 2.45) is 0 Å². The van der Waals surface area contributed by atoms with Crippen molar-refractivity contribution in [2.45, 2.75) is 26.0 Å².